The maximum Gasteiger partial charge on any atom is 0.143 e. The molecule has 0 saturated carbocycles. The third kappa shape index (κ3) is 14.4. The number of hydrogen-bond donors (Lipinski definition) is 0. The van der Waals surface area contributed by atoms with E-state index in [4.69, 9.17) is 8.83 Å². The summed E-state index contributed by atoms with van der Waals surface area (Å²) in [5.74, 6) is 0. The van der Waals surface area contributed by atoms with Crippen molar-refractivity contribution in [3.8, 4) is 128 Å². The zero-order valence-electron chi connectivity index (χ0n) is 72.6. The average molecular weight is 1700 g/mol. The topological polar surface area (TPSA) is 37.7 Å². The average Bonchev–Trinajstić information content (AvgIpc) is 1.55. The van der Waals surface area contributed by atoms with Crippen LogP contribution in [0.25, 0.3) is 215 Å². The number of fused-ring (bicyclic) bond motifs is 11. The van der Waals surface area contributed by atoms with Gasteiger partial charge in [0.1, 0.15) is 22.3 Å². The second kappa shape index (κ2) is 32.9. The standard InChI is InChI=1S/C128H83N3O2/c1-3-20-84(21-4-1)105-79-106(85-22-5-2-6-23-85)81-107(80-105)91-54-68-112(69-55-91)129(110-64-50-89(51-65-110)102-58-72-126-120(82-102)118-33-12-16-39-125(118)132-126)108-60-46-88(47-61-108)95-27-18-29-97(75-95)99-42-43-101-78-104(45-44-100(101)77-99)115-34-19-35-119-121-83-103(59-73-127(121)133-128(115)119)90-52-66-111(67-53-90)130(109-62-48-87(49-63-109)94-26-17-28-96(74-94)98-41-40-86-24-7-8-25-93(86)76-98)113-70-56-92(57-71-113)114-30-9-13-36-122(114)131-123-37-14-10-31-116(123)117-32-11-15-38-124(117)131/h1-83H. The van der Waals surface area contributed by atoms with Crippen molar-refractivity contribution in [2.24, 2.45) is 0 Å². The maximum atomic E-state index is 6.91. The van der Waals surface area contributed by atoms with Crippen molar-refractivity contribution in [3.05, 3.63) is 504 Å². The lowest BCUT2D eigenvalue weighted by Crippen LogP contribution is -2.09. The fourth-order valence-electron chi connectivity index (χ4n) is 20.0. The Labute approximate surface area is 770 Å². The molecule has 0 aliphatic heterocycles. The monoisotopic (exact) mass is 1690 g/mol. The molecule has 0 spiro atoms. The first-order valence-electron chi connectivity index (χ1n) is 45.5. The first-order chi connectivity index (χ1) is 65.8. The molecule has 25 rings (SSSR count). The number of rotatable bonds is 18. The number of anilines is 6. The number of benzene rings is 22. The highest BCUT2D eigenvalue weighted by Crippen LogP contribution is 2.47. The molecule has 0 N–H and O–H groups in total. The highest BCUT2D eigenvalue weighted by Gasteiger charge is 2.23. The Morgan fingerprint density at radius 2 is 0.444 bits per heavy atom. The molecular weight excluding hydrogens is 1610 g/mol. The van der Waals surface area contributed by atoms with Crippen LogP contribution in [0.5, 0.6) is 0 Å². The van der Waals surface area contributed by atoms with Crippen LogP contribution in [0.1, 0.15) is 0 Å². The quantitative estimate of drug-likeness (QED) is 0.0858. The predicted octanol–water partition coefficient (Wildman–Crippen LogP) is 36.2. The number of furan rings is 2. The molecular formula is C128H83N3O2. The van der Waals surface area contributed by atoms with Gasteiger partial charge >= 0.3 is 0 Å². The Morgan fingerprint density at radius 1 is 0.150 bits per heavy atom. The minimum Gasteiger partial charge on any atom is -0.456 e. The summed E-state index contributed by atoms with van der Waals surface area (Å²) in [6, 6.07) is 183. The van der Waals surface area contributed by atoms with Gasteiger partial charge in [-0.3, -0.25) is 0 Å². The Morgan fingerprint density at radius 3 is 0.947 bits per heavy atom. The summed E-state index contributed by atoms with van der Waals surface area (Å²) in [5, 5.41) is 11.7. The maximum absolute atomic E-state index is 6.91. The summed E-state index contributed by atoms with van der Waals surface area (Å²) in [7, 11) is 0. The van der Waals surface area contributed by atoms with E-state index in [1.54, 1.807) is 0 Å². The Balaban J connectivity index is 0.494. The SMILES string of the molecule is c1ccc(-c2cc(-c3ccccc3)cc(-c3ccc(N(c4ccc(-c5cccc(-c6ccc7cc(-c8cccc9c8oc8ccc(-c%10ccc(N(c%11ccc(-c%12cccc(-c%13ccc%14ccccc%14c%13)c%12)cc%11)c%11ccc(-c%12ccccc%12-n%12c%13ccccc%13c%13ccccc%13%12)cc%11)cc%10)cc89)ccc7c6)c5)cc4)c4ccc(-c5ccc6oc7ccccc7c6c5)cc4)cc3)c2)cc1. The lowest BCUT2D eigenvalue weighted by atomic mass is 9.93. The van der Waals surface area contributed by atoms with Crippen molar-refractivity contribution in [1.82, 2.24) is 4.57 Å². The zero-order valence-corrected chi connectivity index (χ0v) is 72.6. The van der Waals surface area contributed by atoms with Gasteiger partial charge in [0.05, 0.1) is 16.7 Å². The highest BCUT2D eigenvalue weighted by atomic mass is 16.3. The van der Waals surface area contributed by atoms with Crippen molar-refractivity contribution in [2.75, 3.05) is 9.80 Å². The van der Waals surface area contributed by atoms with Gasteiger partial charge in [0, 0.05) is 77.6 Å². The van der Waals surface area contributed by atoms with Gasteiger partial charge in [-0.25, -0.2) is 0 Å². The van der Waals surface area contributed by atoms with E-state index in [2.05, 4.69) is 506 Å². The minimum atomic E-state index is 0.850. The largest absolute Gasteiger partial charge is 0.456 e. The van der Waals surface area contributed by atoms with Crippen molar-refractivity contribution in [2.45, 2.75) is 0 Å². The second-order valence-corrected chi connectivity index (χ2v) is 34.7. The smallest absolute Gasteiger partial charge is 0.143 e. The molecule has 25 aromatic rings. The molecule has 0 aliphatic rings. The molecule has 0 atom stereocenters. The minimum absolute atomic E-state index is 0.850. The summed E-state index contributed by atoms with van der Waals surface area (Å²) in [4.78, 5) is 4.73. The van der Waals surface area contributed by atoms with Crippen molar-refractivity contribution >= 4 is 121 Å². The molecule has 5 heteroatoms. The van der Waals surface area contributed by atoms with Gasteiger partial charge in [-0.2, -0.15) is 0 Å². The number of aromatic nitrogens is 1. The predicted molar refractivity (Wildman–Crippen MR) is 560 cm³/mol. The van der Waals surface area contributed by atoms with Crippen LogP contribution in [-0.4, -0.2) is 4.57 Å². The van der Waals surface area contributed by atoms with Gasteiger partial charge in [-0.05, 0) is 303 Å². The molecule has 3 aromatic heterocycles. The van der Waals surface area contributed by atoms with E-state index in [1.807, 2.05) is 12.1 Å². The zero-order chi connectivity index (χ0) is 87.8. The molecule has 0 bridgehead atoms. The van der Waals surface area contributed by atoms with Crippen LogP contribution in [0.4, 0.5) is 34.1 Å². The van der Waals surface area contributed by atoms with Gasteiger partial charge in [0.25, 0.3) is 0 Å². The van der Waals surface area contributed by atoms with Crippen molar-refractivity contribution in [3.63, 3.8) is 0 Å². The van der Waals surface area contributed by atoms with E-state index in [1.165, 1.54) is 71.5 Å². The normalized spacial score (nSPS) is 11.6. The number of nitrogens with zero attached hydrogens (tertiary/aromatic N) is 3. The van der Waals surface area contributed by atoms with Gasteiger partial charge in [0.15, 0.2) is 0 Å². The lowest BCUT2D eigenvalue weighted by Gasteiger charge is -2.26. The second-order valence-electron chi connectivity index (χ2n) is 34.7. The summed E-state index contributed by atoms with van der Waals surface area (Å²) in [6.07, 6.45) is 0. The molecule has 0 amide bonds. The van der Waals surface area contributed by atoms with Crippen molar-refractivity contribution in [1.29, 1.82) is 0 Å². The molecule has 0 unspecified atom stereocenters. The van der Waals surface area contributed by atoms with E-state index in [9.17, 15) is 0 Å². The van der Waals surface area contributed by atoms with Gasteiger partial charge < -0.3 is 23.2 Å². The van der Waals surface area contributed by atoms with Crippen LogP contribution in [0.15, 0.2) is 512 Å². The fraction of sp³-hybridized carbons (Fsp3) is 0. The van der Waals surface area contributed by atoms with Crippen LogP contribution in [0.2, 0.25) is 0 Å². The molecule has 0 radical (unpaired) electrons. The Hall–Kier alpha value is -17.6. The van der Waals surface area contributed by atoms with Gasteiger partial charge in [0.2, 0.25) is 0 Å². The summed E-state index contributed by atoms with van der Waals surface area (Å²) < 4.78 is 15.6. The third-order valence-electron chi connectivity index (χ3n) is 26.8. The van der Waals surface area contributed by atoms with Crippen LogP contribution in [0, 0.1) is 0 Å². The molecule has 3 heterocycles. The molecule has 5 nitrogen and oxygen atoms in total. The summed E-state index contributed by atoms with van der Waals surface area (Å²) in [5.41, 5.74) is 38.6. The van der Waals surface area contributed by atoms with Crippen LogP contribution in [0.3, 0.4) is 0 Å². The first-order valence-corrected chi connectivity index (χ1v) is 45.5. The summed E-state index contributed by atoms with van der Waals surface area (Å²) >= 11 is 0. The van der Waals surface area contributed by atoms with E-state index >= 15 is 0 Å². The Kier molecular flexibility index (Phi) is 19.2. The van der Waals surface area contributed by atoms with Gasteiger partial charge in [-0.1, -0.05) is 334 Å². The van der Waals surface area contributed by atoms with Crippen LogP contribution in [-0.2, 0) is 0 Å². The number of hydrogen-bond acceptors (Lipinski definition) is 4. The highest BCUT2D eigenvalue weighted by molar-refractivity contribution is 6.13. The molecule has 22 aromatic carbocycles. The lowest BCUT2D eigenvalue weighted by molar-refractivity contribution is 0.669. The van der Waals surface area contributed by atoms with E-state index < -0.39 is 0 Å². The number of para-hydroxylation sites is 5. The fourth-order valence-corrected chi connectivity index (χ4v) is 20.0. The van der Waals surface area contributed by atoms with Crippen LogP contribution >= 0.6 is 0 Å². The third-order valence-corrected chi connectivity index (χ3v) is 26.8. The Bertz CT molecular complexity index is 8660. The molecule has 133 heavy (non-hydrogen) atoms. The summed E-state index contributed by atoms with van der Waals surface area (Å²) in [6.45, 7) is 0. The van der Waals surface area contributed by atoms with Gasteiger partial charge in [-0.15, -0.1) is 0 Å². The molecule has 622 valence electrons. The van der Waals surface area contributed by atoms with Crippen LogP contribution < -0.4 is 9.80 Å². The molecule has 0 saturated heterocycles. The van der Waals surface area contributed by atoms with E-state index in [-0.39, 0.29) is 0 Å². The molecule has 0 fully saturated rings. The van der Waals surface area contributed by atoms with Crippen molar-refractivity contribution < 1.29 is 8.83 Å². The molecule has 0 aliphatic carbocycles. The van der Waals surface area contributed by atoms with E-state index in [0.29, 0.717) is 0 Å². The van der Waals surface area contributed by atoms with E-state index in [0.717, 1.165) is 178 Å². The first kappa shape index (κ1) is 77.7.